The van der Waals surface area contributed by atoms with Crippen LogP contribution in [0.15, 0.2) is 34.2 Å². The van der Waals surface area contributed by atoms with Gasteiger partial charge in [0.05, 0.1) is 30.7 Å². The van der Waals surface area contributed by atoms with Gasteiger partial charge in [-0.15, -0.1) is 0 Å². The fourth-order valence-electron chi connectivity index (χ4n) is 2.29. The minimum absolute atomic E-state index is 0.139. The molecule has 0 fully saturated rings. The molecule has 0 radical (unpaired) electrons. The quantitative estimate of drug-likeness (QED) is 0.458. The molecule has 0 bridgehead atoms. The van der Waals surface area contributed by atoms with Gasteiger partial charge in [-0.2, -0.15) is 0 Å². The third-order valence-electron chi connectivity index (χ3n) is 3.44. The molecular weight excluding hydrogens is 316 g/mol. The maximum Gasteiger partial charge on any atom is 0.318 e. The van der Waals surface area contributed by atoms with Crippen LogP contribution in [0, 0.1) is 0 Å². The molecule has 1 aromatic heterocycles. The number of carbonyl (C=O) groups excluding carboxylic acids is 1. The minimum Gasteiger partial charge on any atom is -0.468 e. The average molecular weight is 336 g/mol. The van der Waals surface area contributed by atoms with E-state index in [-0.39, 0.29) is 17.6 Å². The molecule has 2 atom stereocenters. The van der Waals surface area contributed by atoms with E-state index in [0.29, 0.717) is 22.7 Å². The molecule has 0 aliphatic rings. The maximum atomic E-state index is 12.8. The summed E-state index contributed by atoms with van der Waals surface area (Å²) in [6.45, 7) is 3.98. The highest BCUT2D eigenvalue weighted by Crippen LogP contribution is 2.25. The second-order valence-corrected chi connectivity index (χ2v) is 6.48. The molecule has 0 saturated carbocycles. The molecule has 0 aliphatic carbocycles. The molecule has 7 heteroatoms. The van der Waals surface area contributed by atoms with Gasteiger partial charge in [-0.3, -0.25) is 14.2 Å². The molecule has 23 heavy (non-hydrogen) atoms. The Hall–Kier alpha value is -1.86. The monoisotopic (exact) mass is 336 g/mol. The van der Waals surface area contributed by atoms with Gasteiger partial charge in [0, 0.05) is 7.11 Å². The van der Waals surface area contributed by atoms with Crippen molar-refractivity contribution in [1.29, 1.82) is 0 Å². The summed E-state index contributed by atoms with van der Waals surface area (Å²) in [5.41, 5.74) is 0.470. The number of rotatable bonds is 6. The van der Waals surface area contributed by atoms with Crippen LogP contribution >= 0.6 is 11.8 Å². The predicted molar refractivity (Wildman–Crippen MR) is 89.9 cm³/mol. The lowest BCUT2D eigenvalue weighted by atomic mass is 10.2. The first-order valence-corrected chi connectivity index (χ1v) is 8.12. The number of ether oxygens (including phenoxy) is 2. The van der Waals surface area contributed by atoms with Crippen molar-refractivity contribution in [2.45, 2.75) is 30.3 Å². The van der Waals surface area contributed by atoms with Crippen LogP contribution in [-0.4, -0.2) is 41.6 Å². The maximum absolute atomic E-state index is 12.8. The molecule has 2 rings (SSSR count). The summed E-state index contributed by atoms with van der Waals surface area (Å²) in [6, 6.07) is 6.97. The first kappa shape index (κ1) is 17.5. The smallest absolute Gasteiger partial charge is 0.318 e. The molecule has 0 amide bonds. The fraction of sp³-hybridized carbons (Fsp3) is 0.438. The Kier molecular flexibility index (Phi) is 5.79. The summed E-state index contributed by atoms with van der Waals surface area (Å²) >= 11 is 1.21. The Bertz CT molecular complexity index is 759. The van der Waals surface area contributed by atoms with Crippen molar-refractivity contribution in [3.8, 4) is 0 Å². The van der Waals surface area contributed by atoms with Crippen molar-refractivity contribution in [3.63, 3.8) is 0 Å². The van der Waals surface area contributed by atoms with Crippen molar-refractivity contribution in [1.82, 2.24) is 9.55 Å². The van der Waals surface area contributed by atoms with Crippen molar-refractivity contribution in [2.24, 2.45) is 0 Å². The van der Waals surface area contributed by atoms with Crippen molar-refractivity contribution >= 4 is 28.6 Å². The van der Waals surface area contributed by atoms with Crippen molar-refractivity contribution in [2.75, 3.05) is 20.8 Å². The summed E-state index contributed by atoms with van der Waals surface area (Å²) in [5.74, 6) is -0.358. The summed E-state index contributed by atoms with van der Waals surface area (Å²) in [5, 5.41) is 0.565. The number of hydrogen-bond donors (Lipinski definition) is 0. The molecule has 1 aromatic carbocycles. The molecule has 6 nitrogen and oxygen atoms in total. The van der Waals surface area contributed by atoms with E-state index in [0.717, 1.165) is 0 Å². The topological polar surface area (TPSA) is 70.4 Å². The number of thioether (sulfide) groups is 1. The Balaban J connectivity index is 2.58. The molecule has 2 aromatic rings. The van der Waals surface area contributed by atoms with E-state index in [4.69, 9.17) is 9.47 Å². The van der Waals surface area contributed by atoms with Gasteiger partial charge in [0.15, 0.2) is 5.16 Å². The van der Waals surface area contributed by atoms with Gasteiger partial charge in [-0.25, -0.2) is 4.98 Å². The molecule has 0 saturated heterocycles. The number of hydrogen-bond acceptors (Lipinski definition) is 6. The molecule has 0 spiro atoms. The van der Waals surface area contributed by atoms with E-state index in [9.17, 15) is 9.59 Å². The number of esters is 1. The number of methoxy groups -OCH3 is 2. The standard InChI is InChI=1S/C16H20N2O4S/c1-10(9-21-3)18-14(19)12-7-5-6-8-13(12)17-16(18)23-11(2)15(20)22-4/h5-8,10-11H,9H2,1-4H3. The van der Waals surface area contributed by atoms with E-state index in [2.05, 4.69) is 4.98 Å². The van der Waals surface area contributed by atoms with Crippen LogP contribution in [0.3, 0.4) is 0 Å². The van der Waals surface area contributed by atoms with Crippen LogP contribution in [0.4, 0.5) is 0 Å². The summed E-state index contributed by atoms with van der Waals surface area (Å²) in [4.78, 5) is 29.1. The van der Waals surface area contributed by atoms with Gasteiger partial charge in [0.2, 0.25) is 0 Å². The number of aromatic nitrogens is 2. The van der Waals surface area contributed by atoms with Crippen LogP contribution in [0.5, 0.6) is 0 Å². The first-order valence-electron chi connectivity index (χ1n) is 7.24. The van der Waals surface area contributed by atoms with Crippen molar-refractivity contribution < 1.29 is 14.3 Å². The number of para-hydroxylation sites is 1. The molecule has 0 N–H and O–H groups in total. The zero-order chi connectivity index (χ0) is 17.0. The van der Waals surface area contributed by atoms with E-state index in [1.807, 2.05) is 13.0 Å². The van der Waals surface area contributed by atoms with Crippen LogP contribution < -0.4 is 5.56 Å². The third-order valence-corrected chi connectivity index (χ3v) is 4.48. The van der Waals surface area contributed by atoms with Gasteiger partial charge in [-0.1, -0.05) is 23.9 Å². The molecule has 0 aliphatic heterocycles. The Labute approximate surface area is 138 Å². The predicted octanol–water partition coefficient (Wildman–Crippen LogP) is 2.26. The van der Waals surface area contributed by atoms with E-state index in [1.165, 1.54) is 18.9 Å². The minimum atomic E-state index is -0.464. The van der Waals surface area contributed by atoms with Gasteiger partial charge < -0.3 is 9.47 Å². The van der Waals surface area contributed by atoms with Crippen molar-refractivity contribution in [3.05, 3.63) is 34.6 Å². The normalized spacial score (nSPS) is 13.7. The molecule has 1 heterocycles. The second kappa shape index (κ2) is 7.61. The largest absolute Gasteiger partial charge is 0.468 e. The number of benzene rings is 1. The molecule has 2 unspecified atom stereocenters. The lowest BCUT2D eigenvalue weighted by Gasteiger charge is -2.20. The second-order valence-electron chi connectivity index (χ2n) is 5.17. The van der Waals surface area contributed by atoms with E-state index in [1.54, 1.807) is 36.8 Å². The highest BCUT2D eigenvalue weighted by Gasteiger charge is 2.22. The van der Waals surface area contributed by atoms with E-state index < -0.39 is 5.25 Å². The van der Waals surface area contributed by atoms with Crippen LogP contribution in [0.1, 0.15) is 19.9 Å². The number of fused-ring (bicyclic) bond motifs is 1. The Morgan fingerprint density at radius 2 is 2.00 bits per heavy atom. The van der Waals surface area contributed by atoms with Gasteiger partial charge in [0.1, 0.15) is 5.25 Å². The molecule has 124 valence electrons. The summed E-state index contributed by atoms with van der Waals surface area (Å²) < 4.78 is 11.5. The lowest BCUT2D eigenvalue weighted by Crippen LogP contribution is -2.29. The first-order chi connectivity index (χ1) is 11.0. The summed E-state index contributed by atoms with van der Waals surface area (Å²) in [6.07, 6.45) is 0. The number of nitrogens with zero attached hydrogens (tertiary/aromatic N) is 2. The van der Waals surface area contributed by atoms with Gasteiger partial charge >= 0.3 is 5.97 Å². The SMILES string of the molecule is COCC(C)n1c(SC(C)C(=O)OC)nc2ccccc2c1=O. The van der Waals surface area contributed by atoms with Crippen LogP contribution in [0.2, 0.25) is 0 Å². The Morgan fingerprint density at radius 1 is 1.30 bits per heavy atom. The lowest BCUT2D eigenvalue weighted by molar-refractivity contribution is -0.139. The number of carbonyl (C=O) groups is 1. The zero-order valence-corrected chi connectivity index (χ0v) is 14.4. The summed E-state index contributed by atoms with van der Waals surface area (Å²) in [7, 11) is 2.92. The third kappa shape index (κ3) is 3.73. The van der Waals surface area contributed by atoms with Crippen LogP contribution in [-0.2, 0) is 14.3 Å². The molecular formula is C16H20N2O4S. The van der Waals surface area contributed by atoms with Gasteiger partial charge in [0.25, 0.3) is 5.56 Å². The zero-order valence-electron chi connectivity index (χ0n) is 13.6. The highest BCUT2D eigenvalue weighted by molar-refractivity contribution is 8.00. The van der Waals surface area contributed by atoms with Gasteiger partial charge in [-0.05, 0) is 26.0 Å². The Morgan fingerprint density at radius 3 is 2.65 bits per heavy atom. The van der Waals surface area contributed by atoms with Crippen LogP contribution in [0.25, 0.3) is 10.9 Å². The van der Waals surface area contributed by atoms with E-state index >= 15 is 0 Å². The average Bonchev–Trinajstić information content (AvgIpc) is 2.54. The highest BCUT2D eigenvalue weighted by atomic mass is 32.2. The fourth-order valence-corrected chi connectivity index (χ4v) is 3.32.